The maximum absolute atomic E-state index is 12.0. The van der Waals surface area contributed by atoms with Gasteiger partial charge in [-0.3, -0.25) is 19.5 Å². The fraction of sp³-hybridized carbons (Fsp3) is 0.182. The van der Waals surface area contributed by atoms with Gasteiger partial charge in [-0.25, -0.2) is 4.79 Å². The molecule has 0 aliphatic heterocycles. The smallest absolute Gasteiger partial charge is 0.351 e. The summed E-state index contributed by atoms with van der Waals surface area (Å²) in [5, 5.41) is 19.0. The van der Waals surface area contributed by atoms with Crippen molar-refractivity contribution in [2.24, 2.45) is 10.2 Å². The number of nitro groups is 1. The Hall–Kier alpha value is -3.57. The summed E-state index contributed by atoms with van der Waals surface area (Å²) in [6.45, 7) is 3.37. The molecule has 0 amide bonds. The second-order valence-electron chi connectivity index (χ2n) is 6.61. The number of rotatable bonds is 9. The van der Waals surface area contributed by atoms with Crippen molar-refractivity contribution in [2.75, 3.05) is 12.4 Å². The number of ketones is 1. The number of thioether (sulfide) groups is 1. The van der Waals surface area contributed by atoms with E-state index in [1.54, 1.807) is 22.8 Å². The first-order valence-electron chi connectivity index (χ1n) is 9.77. The van der Waals surface area contributed by atoms with Crippen molar-refractivity contribution in [3.05, 3.63) is 80.1 Å². The summed E-state index contributed by atoms with van der Waals surface area (Å²) in [5.74, 6) is -0.418. The Morgan fingerprint density at radius 3 is 2.58 bits per heavy atom. The van der Waals surface area contributed by atoms with Gasteiger partial charge in [0, 0.05) is 30.1 Å². The quantitative estimate of drug-likeness (QED) is 0.0856. The molecule has 0 saturated carbocycles. The molecule has 11 heteroatoms. The van der Waals surface area contributed by atoms with Gasteiger partial charge in [-0.1, -0.05) is 41.7 Å². The molecule has 9 nitrogen and oxygen atoms in total. The minimum absolute atomic E-state index is 0.0112. The SMILES string of the molecule is CC(=O)c1sc(=NN=CC(=O)OCCSc2ccccc2[N+](=O)[O-])n(-c2ccccc2)c1C. The van der Waals surface area contributed by atoms with Gasteiger partial charge < -0.3 is 4.74 Å². The van der Waals surface area contributed by atoms with Gasteiger partial charge >= 0.3 is 5.97 Å². The average Bonchev–Trinajstić information content (AvgIpc) is 3.13. The van der Waals surface area contributed by atoms with Crippen LogP contribution in [-0.2, 0) is 9.53 Å². The highest BCUT2D eigenvalue weighted by Crippen LogP contribution is 2.28. The van der Waals surface area contributed by atoms with Crippen LogP contribution in [0.25, 0.3) is 5.69 Å². The second kappa shape index (κ2) is 11.3. The molecule has 1 heterocycles. The molecule has 0 aliphatic carbocycles. The summed E-state index contributed by atoms with van der Waals surface area (Å²) in [6, 6.07) is 15.8. The summed E-state index contributed by atoms with van der Waals surface area (Å²) in [5.41, 5.74) is 1.57. The number of esters is 1. The van der Waals surface area contributed by atoms with Gasteiger partial charge in [-0.2, -0.15) is 0 Å². The number of aromatic nitrogens is 1. The van der Waals surface area contributed by atoms with Gasteiger partial charge in [0.1, 0.15) is 12.8 Å². The number of ether oxygens (including phenoxy) is 1. The number of hydrogen-bond donors (Lipinski definition) is 0. The van der Waals surface area contributed by atoms with Crippen LogP contribution in [-0.4, -0.2) is 39.8 Å². The van der Waals surface area contributed by atoms with E-state index in [4.69, 9.17) is 4.74 Å². The second-order valence-corrected chi connectivity index (χ2v) is 8.73. The molecule has 0 fully saturated rings. The van der Waals surface area contributed by atoms with Gasteiger partial charge in [-0.05, 0) is 25.1 Å². The van der Waals surface area contributed by atoms with Crippen LogP contribution in [0.1, 0.15) is 22.3 Å². The van der Waals surface area contributed by atoms with Crippen molar-refractivity contribution in [3.63, 3.8) is 0 Å². The van der Waals surface area contributed by atoms with Crippen molar-refractivity contribution in [1.29, 1.82) is 0 Å². The Kier molecular flexibility index (Phi) is 8.28. The number of thiazole rings is 1. The average molecular weight is 485 g/mol. The van der Waals surface area contributed by atoms with E-state index in [2.05, 4.69) is 10.2 Å². The van der Waals surface area contributed by atoms with E-state index in [0.717, 1.165) is 17.6 Å². The molecular weight excluding hydrogens is 464 g/mol. The molecule has 3 aromatic rings. The van der Waals surface area contributed by atoms with Crippen LogP contribution in [0.2, 0.25) is 0 Å². The summed E-state index contributed by atoms with van der Waals surface area (Å²) in [6.07, 6.45) is 0.952. The molecule has 1 aromatic heterocycles. The van der Waals surface area contributed by atoms with Crippen LogP contribution in [0, 0.1) is 17.0 Å². The topological polar surface area (TPSA) is 116 Å². The largest absolute Gasteiger partial charge is 0.460 e. The lowest BCUT2D eigenvalue weighted by molar-refractivity contribution is -0.387. The highest BCUT2D eigenvalue weighted by molar-refractivity contribution is 7.99. The molecule has 0 radical (unpaired) electrons. The zero-order chi connectivity index (χ0) is 23.8. The van der Waals surface area contributed by atoms with Crippen molar-refractivity contribution >= 4 is 46.8 Å². The first-order valence-corrected chi connectivity index (χ1v) is 11.6. The predicted molar refractivity (Wildman–Crippen MR) is 127 cm³/mol. The molecule has 3 rings (SSSR count). The normalized spacial score (nSPS) is 11.6. The molecule has 170 valence electrons. The zero-order valence-electron chi connectivity index (χ0n) is 17.8. The third-order valence-electron chi connectivity index (χ3n) is 4.34. The first kappa shape index (κ1) is 24.1. The number of carbonyl (C=O) groups excluding carboxylic acids is 2. The van der Waals surface area contributed by atoms with Crippen molar-refractivity contribution in [2.45, 2.75) is 18.7 Å². The number of carbonyl (C=O) groups is 2. The van der Waals surface area contributed by atoms with E-state index in [1.807, 2.05) is 37.3 Å². The number of Topliss-reactive ketones (excluding diaryl/α,β-unsaturated/α-hetero) is 1. The Bertz CT molecular complexity index is 1270. The Morgan fingerprint density at radius 1 is 1.18 bits per heavy atom. The summed E-state index contributed by atoms with van der Waals surface area (Å²) < 4.78 is 6.89. The molecule has 0 atom stereocenters. The summed E-state index contributed by atoms with van der Waals surface area (Å²) in [4.78, 5) is 36.0. The third-order valence-corrected chi connectivity index (χ3v) is 6.60. The molecule has 33 heavy (non-hydrogen) atoms. The minimum atomic E-state index is -0.687. The Morgan fingerprint density at radius 2 is 1.88 bits per heavy atom. The molecule has 0 spiro atoms. The molecular formula is C22H20N4O5S2. The maximum Gasteiger partial charge on any atom is 0.351 e. The monoisotopic (exact) mass is 484 g/mol. The van der Waals surface area contributed by atoms with Gasteiger partial charge in [0.15, 0.2) is 5.78 Å². The predicted octanol–water partition coefficient (Wildman–Crippen LogP) is 4.18. The number of nitrogens with zero attached hydrogens (tertiary/aromatic N) is 4. The fourth-order valence-electron chi connectivity index (χ4n) is 2.92. The first-order chi connectivity index (χ1) is 15.9. The standard InChI is InChI=1S/C22H20N4O5S2/c1-15-21(16(2)27)33-22(25(15)17-8-4-3-5-9-17)24-23-14-20(28)31-12-13-32-19-11-7-6-10-18(19)26(29)30/h3-11,14H,12-13H2,1-2H3. The lowest BCUT2D eigenvalue weighted by atomic mass is 10.2. The van der Waals surface area contributed by atoms with Crippen molar-refractivity contribution < 1.29 is 19.2 Å². The van der Waals surface area contributed by atoms with Gasteiger partial charge in [0.05, 0.1) is 14.7 Å². The van der Waals surface area contributed by atoms with E-state index >= 15 is 0 Å². The zero-order valence-corrected chi connectivity index (χ0v) is 19.5. The van der Waals surface area contributed by atoms with Crippen LogP contribution >= 0.6 is 23.1 Å². The highest BCUT2D eigenvalue weighted by Gasteiger charge is 2.15. The summed E-state index contributed by atoms with van der Waals surface area (Å²) >= 11 is 2.41. The number of hydrogen-bond acceptors (Lipinski definition) is 9. The highest BCUT2D eigenvalue weighted by atomic mass is 32.2. The molecule has 0 aliphatic rings. The van der Waals surface area contributed by atoms with Gasteiger partial charge in [0.2, 0.25) is 4.80 Å². The molecule has 2 aromatic carbocycles. The van der Waals surface area contributed by atoms with Crippen LogP contribution in [0.5, 0.6) is 0 Å². The fourth-order valence-corrected chi connectivity index (χ4v) is 4.75. The number of nitro benzene ring substituents is 1. The molecule has 0 saturated heterocycles. The van der Waals surface area contributed by atoms with Crippen LogP contribution in [0.4, 0.5) is 5.69 Å². The van der Waals surface area contributed by atoms with E-state index in [0.29, 0.717) is 20.3 Å². The summed E-state index contributed by atoms with van der Waals surface area (Å²) in [7, 11) is 0. The van der Waals surface area contributed by atoms with Gasteiger partial charge in [0.25, 0.3) is 5.69 Å². The van der Waals surface area contributed by atoms with Crippen LogP contribution in [0.3, 0.4) is 0 Å². The Labute approximate surface area is 197 Å². The molecule has 0 bridgehead atoms. The van der Waals surface area contributed by atoms with E-state index < -0.39 is 10.9 Å². The van der Waals surface area contributed by atoms with Crippen molar-refractivity contribution in [1.82, 2.24) is 4.57 Å². The van der Waals surface area contributed by atoms with Crippen LogP contribution in [0.15, 0.2) is 69.7 Å². The van der Waals surface area contributed by atoms with Crippen LogP contribution < -0.4 is 4.80 Å². The number of para-hydroxylation sites is 2. The van der Waals surface area contributed by atoms with Crippen molar-refractivity contribution in [3.8, 4) is 5.69 Å². The maximum atomic E-state index is 12.0. The molecule has 0 unspecified atom stereocenters. The van der Waals surface area contributed by atoms with Gasteiger partial charge in [-0.15, -0.1) is 22.0 Å². The Balaban J connectivity index is 1.65. The number of benzene rings is 2. The lowest BCUT2D eigenvalue weighted by Gasteiger charge is -2.05. The minimum Gasteiger partial charge on any atom is -0.460 e. The van der Waals surface area contributed by atoms with E-state index in [9.17, 15) is 19.7 Å². The van der Waals surface area contributed by atoms with E-state index in [1.165, 1.54) is 36.1 Å². The lowest BCUT2D eigenvalue weighted by Crippen LogP contribution is -2.14. The molecule has 0 N–H and O–H groups in total. The third kappa shape index (κ3) is 6.24. The van der Waals surface area contributed by atoms with E-state index in [-0.39, 0.29) is 18.1 Å².